The Kier molecular flexibility index (Phi) is 3.51. The van der Waals surface area contributed by atoms with Crippen molar-refractivity contribution < 1.29 is 9.84 Å². The Morgan fingerprint density at radius 3 is 2.29 bits per heavy atom. The molecule has 2 unspecified atom stereocenters. The van der Waals surface area contributed by atoms with E-state index in [0.29, 0.717) is 17.4 Å². The van der Waals surface area contributed by atoms with Gasteiger partial charge in [-0.2, -0.15) is 5.10 Å². The number of aliphatic hydroxyl groups is 1. The van der Waals surface area contributed by atoms with Gasteiger partial charge in [-0.15, -0.1) is 0 Å². The first kappa shape index (κ1) is 16.6. The van der Waals surface area contributed by atoms with Gasteiger partial charge in [0, 0.05) is 12.2 Å². The van der Waals surface area contributed by atoms with Crippen molar-refractivity contribution in [2.75, 3.05) is 13.2 Å². The number of ether oxygens (including phenoxy) is 1. The second-order valence-corrected chi connectivity index (χ2v) is 10.0. The predicted octanol–water partition coefficient (Wildman–Crippen LogP) is 3.63. The molecule has 4 aliphatic carbocycles. The Morgan fingerprint density at radius 1 is 1.08 bits per heavy atom. The molecule has 0 aliphatic heterocycles. The maximum Gasteiger partial charge on any atom is 0.0705 e. The van der Waals surface area contributed by atoms with Crippen LogP contribution >= 0.6 is 0 Å². The minimum Gasteiger partial charge on any atom is -0.394 e. The van der Waals surface area contributed by atoms with Crippen molar-refractivity contribution in [2.24, 2.45) is 16.2 Å². The molecule has 1 N–H and O–H groups in total. The summed E-state index contributed by atoms with van der Waals surface area (Å²) in [7, 11) is 0. The Labute approximate surface area is 145 Å². The van der Waals surface area contributed by atoms with Crippen molar-refractivity contribution in [1.82, 2.24) is 9.78 Å². The summed E-state index contributed by atoms with van der Waals surface area (Å²) >= 11 is 0. The smallest absolute Gasteiger partial charge is 0.0705 e. The lowest BCUT2D eigenvalue weighted by atomic mass is 9.39. The number of aryl methyl sites for hydroxylation is 2. The van der Waals surface area contributed by atoms with E-state index in [-0.39, 0.29) is 17.6 Å². The normalized spacial score (nSPS) is 43.5. The molecule has 24 heavy (non-hydrogen) atoms. The van der Waals surface area contributed by atoms with Crippen molar-refractivity contribution in [1.29, 1.82) is 0 Å². The van der Waals surface area contributed by atoms with E-state index in [1.807, 2.05) is 0 Å². The standard InChI is InChI=1S/C20H32N2O2/c1-15-7-16(2)22(21-15)14-19-9-17(3)8-18(4,10-19)12-20(11-17,13-19)24-6-5-23/h7,23H,5-6,8-14H2,1-4H3. The first-order valence-corrected chi connectivity index (χ1v) is 9.45. The molecular weight excluding hydrogens is 300 g/mol. The van der Waals surface area contributed by atoms with Gasteiger partial charge in [-0.1, -0.05) is 13.8 Å². The molecule has 4 nitrogen and oxygen atoms in total. The lowest BCUT2D eigenvalue weighted by molar-refractivity contribution is -0.250. The van der Waals surface area contributed by atoms with Crippen LogP contribution < -0.4 is 0 Å². The zero-order valence-electron chi connectivity index (χ0n) is 15.7. The number of nitrogens with zero attached hydrogens (tertiary/aromatic N) is 2. The molecule has 1 aromatic rings. The number of aromatic nitrogens is 2. The van der Waals surface area contributed by atoms with Crippen LogP contribution in [0.3, 0.4) is 0 Å². The van der Waals surface area contributed by atoms with Crippen LogP contribution in [0, 0.1) is 30.1 Å². The van der Waals surface area contributed by atoms with E-state index < -0.39 is 0 Å². The third-order valence-electron chi connectivity index (χ3n) is 6.74. The zero-order valence-corrected chi connectivity index (χ0v) is 15.7. The molecule has 4 heteroatoms. The van der Waals surface area contributed by atoms with Crippen molar-refractivity contribution in [3.05, 3.63) is 17.5 Å². The van der Waals surface area contributed by atoms with Crippen molar-refractivity contribution in [3.63, 3.8) is 0 Å². The van der Waals surface area contributed by atoms with Crippen LogP contribution in [0.1, 0.15) is 63.8 Å². The number of rotatable bonds is 5. The van der Waals surface area contributed by atoms with E-state index >= 15 is 0 Å². The van der Waals surface area contributed by atoms with Crippen molar-refractivity contribution >= 4 is 0 Å². The van der Waals surface area contributed by atoms with Crippen LogP contribution in [-0.2, 0) is 11.3 Å². The fraction of sp³-hybridized carbons (Fsp3) is 0.850. The van der Waals surface area contributed by atoms with E-state index in [0.717, 1.165) is 31.5 Å². The maximum absolute atomic E-state index is 9.30. The Hall–Kier alpha value is -0.870. The number of aliphatic hydroxyl groups excluding tert-OH is 1. The summed E-state index contributed by atoms with van der Waals surface area (Å²) in [4.78, 5) is 0. The summed E-state index contributed by atoms with van der Waals surface area (Å²) < 4.78 is 8.57. The quantitative estimate of drug-likeness (QED) is 0.896. The summed E-state index contributed by atoms with van der Waals surface area (Å²) in [5.41, 5.74) is 3.38. The molecule has 0 radical (unpaired) electrons. The highest BCUT2D eigenvalue weighted by molar-refractivity contribution is 5.17. The fourth-order valence-electron chi connectivity index (χ4n) is 7.57. The SMILES string of the molecule is Cc1cc(C)n(CC23CC4(C)CC(C)(C2)CC(OCCO)(C4)C3)n1. The highest BCUT2D eigenvalue weighted by Crippen LogP contribution is 2.71. The average Bonchev–Trinajstić information content (AvgIpc) is 2.69. The molecule has 134 valence electrons. The third-order valence-corrected chi connectivity index (χ3v) is 6.74. The van der Waals surface area contributed by atoms with E-state index in [1.165, 1.54) is 25.0 Å². The summed E-state index contributed by atoms with van der Waals surface area (Å²) in [6.07, 6.45) is 7.35. The molecule has 4 fully saturated rings. The van der Waals surface area contributed by atoms with Gasteiger partial charge in [0.25, 0.3) is 0 Å². The van der Waals surface area contributed by atoms with Crippen LogP contribution in [0.25, 0.3) is 0 Å². The molecule has 4 aliphatic rings. The van der Waals surface area contributed by atoms with Gasteiger partial charge in [-0.3, -0.25) is 4.68 Å². The van der Waals surface area contributed by atoms with Gasteiger partial charge in [-0.05, 0) is 74.7 Å². The van der Waals surface area contributed by atoms with E-state index in [4.69, 9.17) is 9.84 Å². The lowest BCUT2D eigenvalue weighted by Gasteiger charge is -2.69. The summed E-state index contributed by atoms with van der Waals surface area (Å²) in [5.74, 6) is 0. The van der Waals surface area contributed by atoms with Gasteiger partial charge in [0.15, 0.2) is 0 Å². The molecule has 2 atom stereocenters. The first-order chi connectivity index (χ1) is 11.2. The molecule has 5 rings (SSSR count). The van der Waals surface area contributed by atoms with E-state index in [1.54, 1.807) is 0 Å². The second-order valence-electron chi connectivity index (χ2n) is 10.0. The van der Waals surface area contributed by atoms with Crippen LogP contribution in [-0.4, -0.2) is 33.7 Å². The highest BCUT2D eigenvalue weighted by Gasteiger charge is 2.66. The minimum atomic E-state index is -0.0307. The van der Waals surface area contributed by atoms with Gasteiger partial charge in [0.2, 0.25) is 0 Å². The van der Waals surface area contributed by atoms with Gasteiger partial charge in [0.05, 0.1) is 24.5 Å². The van der Waals surface area contributed by atoms with Gasteiger partial charge in [0.1, 0.15) is 0 Å². The van der Waals surface area contributed by atoms with E-state index in [2.05, 4.69) is 38.4 Å². The average molecular weight is 332 g/mol. The molecule has 0 spiro atoms. The molecular formula is C20H32N2O2. The summed E-state index contributed by atoms with van der Waals surface area (Å²) in [6.45, 7) is 10.8. The number of hydrogen-bond donors (Lipinski definition) is 1. The molecule has 1 heterocycles. The van der Waals surface area contributed by atoms with Crippen LogP contribution in [0.5, 0.6) is 0 Å². The second kappa shape index (κ2) is 5.07. The van der Waals surface area contributed by atoms with Crippen LogP contribution in [0.15, 0.2) is 6.07 Å². The van der Waals surface area contributed by atoms with Crippen molar-refractivity contribution in [3.8, 4) is 0 Å². The Balaban J connectivity index is 1.69. The van der Waals surface area contributed by atoms with E-state index in [9.17, 15) is 5.11 Å². The molecule has 0 amide bonds. The predicted molar refractivity (Wildman–Crippen MR) is 93.8 cm³/mol. The molecule has 4 saturated carbocycles. The van der Waals surface area contributed by atoms with Gasteiger partial charge in [-0.25, -0.2) is 0 Å². The fourth-order valence-corrected chi connectivity index (χ4v) is 7.57. The minimum absolute atomic E-state index is 0.0307. The molecule has 0 aromatic carbocycles. The third kappa shape index (κ3) is 2.62. The largest absolute Gasteiger partial charge is 0.394 e. The topological polar surface area (TPSA) is 47.3 Å². The molecule has 1 aromatic heterocycles. The monoisotopic (exact) mass is 332 g/mol. The van der Waals surface area contributed by atoms with Gasteiger partial charge >= 0.3 is 0 Å². The van der Waals surface area contributed by atoms with Crippen LogP contribution in [0.2, 0.25) is 0 Å². The Bertz CT molecular complexity index is 632. The maximum atomic E-state index is 9.30. The Morgan fingerprint density at radius 2 is 1.75 bits per heavy atom. The summed E-state index contributed by atoms with van der Waals surface area (Å²) in [5, 5.41) is 14.0. The highest BCUT2D eigenvalue weighted by atomic mass is 16.5. The van der Waals surface area contributed by atoms with Crippen LogP contribution in [0.4, 0.5) is 0 Å². The van der Waals surface area contributed by atoms with Gasteiger partial charge < -0.3 is 9.84 Å². The van der Waals surface area contributed by atoms with Crippen molar-refractivity contribution in [2.45, 2.75) is 78.4 Å². The first-order valence-electron chi connectivity index (χ1n) is 9.45. The number of hydrogen-bond acceptors (Lipinski definition) is 3. The lowest BCUT2D eigenvalue weighted by Crippen LogP contribution is -2.64. The summed E-state index contributed by atoms with van der Waals surface area (Å²) in [6, 6.07) is 2.18. The molecule has 0 saturated heterocycles. The molecule has 4 bridgehead atoms. The zero-order chi connectivity index (χ0) is 17.2.